The van der Waals surface area contributed by atoms with E-state index in [-0.39, 0.29) is 37.4 Å². The van der Waals surface area contributed by atoms with Crippen LogP contribution in [0.15, 0.2) is 12.1 Å². The van der Waals surface area contributed by atoms with Crippen molar-refractivity contribution in [2.75, 3.05) is 0 Å². The van der Waals surface area contributed by atoms with Gasteiger partial charge in [-0.1, -0.05) is 0 Å². The Labute approximate surface area is 78.2 Å². The molecule has 0 spiro atoms. The number of aromatic hydroxyl groups is 1. The van der Waals surface area contributed by atoms with Crippen LogP contribution in [-0.2, 0) is 0 Å². The molecule has 0 aliphatic rings. The number of rotatable bonds is 1. The predicted molar refractivity (Wildman–Crippen MR) is 44.8 cm³/mol. The average molecular weight is 244 g/mol. The molecule has 0 radical (unpaired) electrons. The van der Waals surface area contributed by atoms with Crippen LogP contribution in [0.5, 0.6) is 5.75 Å². The minimum absolute atomic E-state index is 0.0521. The van der Waals surface area contributed by atoms with Crippen molar-refractivity contribution in [1.29, 1.82) is 0 Å². The van der Waals surface area contributed by atoms with Crippen LogP contribution < -0.4 is 0 Å². The first-order valence-electron chi connectivity index (χ1n) is 3.29. The van der Waals surface area contributed by atoms with Gasteiger partial charge in [-0.15, -0.1) is 0 Å². The quantitative estimate of drug-likeness (QED) is 0.442. The van der Waals surface area contributed by atoms with Crippen molar-refractivity contribution in [3.8, 4) is 5.75 Å². The summed E-state index contributed by atoms with van der Waals surface area (Å²) < 4.78 is 7.76. The van der Waals surface area contributed by atoms with Crippen LogP contribution in [0.4, 0.5) is 5.69 Å². The summed E-state index contributed by atoms with van der Waals surface area (Å²) >= 11 is -0.369. The van der Waals surface area contributed by atoms with Crippen molar-refractivity contribution >= 4 is 31.7 Å². The molecule has 13 heavy (non-hydrogen) atoms. The first kappa shape index (κ1) is 8.15. The molecule has 1 aromatic carbocycles. The van der Waals surface area contributed by atoms with E-state index in [1.165, 1.54) is 12.1 Å². The van der Waals surface area contributed by atoms with E-state index in [4.69, 9.17) is 0 Å². The summed E-state index contributed by atoms with van der Waals surface area (Å²) in [6.07, 6.45) is 0. The standard InChI is InChI=1S/C6H3N3O3Se/c10-4-2-1-3(9(11)12)5-6(4)8-13-7-5/h1-2,10H. The summed E-state index contributed by atoms with van der Waals surface area (Å²) in [4.78, 5) is 9.97. The fraction of sp³-hybridized carbons (Fsp3) is 0. The summed E-state index contributed by atoms with van der Waals surface area (Å²) in [6, 6.07) is 2.49. The molecule has 0 aliphatic carbocycles. The second kappa shape index (κ2) is 2.79. The van der Waals surface area contributed by atoms with Gasteiger partial charge in [0, 0.05) is 0 Å². The fourth-order valence-electron chi connectivity index (χ4n) is 0.988. The summed E-state index contributed by atoms with van der Waals surface area (Å²) in [5, 5.41) is 19.8. The molecule has 0 saturated carbocycles. The van der Waals surface area contributed by atoms with E-state index in [0.717, 1.165) is 0 Å². The molecule has 0 fully saturated rings. The molecular weight excluding hydrogens is 241 g/mol. The second-order valence-electron chi connectivity index (χ2n) is 2.32. The molecule has 0 amide bonds. The number of nitro benzene ring substituents is 1. The van der Waals surface area contributed by atoms with Crippen LogP contribution in [0.2, 0.25) is 0 Å². The van der Waals surface area contributed by atoms with Gasteiger partial charge in [0.15, 0.2) is 0 Å². The van der Waals surface area contributed by atoms with Gasteiger partial charge in [0.1, 0.15) is 0 Å². The van der Waals surface area contributed by atoms with Crippen LogP contribution in [0.25, 0.3) is 11.0 Å². The molecular formula is C6H3N3O3Se. The molecule has 2 rings (SSSR count). The van der Waals surface area contributed by atoms with Gasteiger partial charge in [0.25, 0.3) is 0 Å². The summed E-state index contributed by atoms with van der Waals surface area (Å²) in [7, 11) is 0. The maximum absolute atomic E-state index is 10.5. The Balaban J connectivity index is 2.86. The molecule has 0 unspecified atom stereocenters. The van der Waals surface area contributed by atoms with Crippen molar-refractivity contribution in [3.63, 3.8) is 0 Å². The van der Waals surface area contributed by atoms with Gasteiger partial charge in [-0.25, -0.2) is 0 Å². The zero-order valence-corrected chi connectivity index (χ0v) is 7.88. The zero-order chi connectivity index (χ0) is 9.42. The van der Waals surface area contributed by atoms with Gasteiger partial charge < -0.3 is 0 Å². The third-order valence-corrected chi connectivity index (χ3v) is 2.68. The topological polar surface area (TPSA) is 89.2 Å². The number of nitrogens with zero attached hydrogens (tertiary/aromatic N) is 3. The maximum atomic E-state index is 10.5. The molecule has 6 nitrogen and oxygen atoms in total. The van der Waals surface area contributed by atoms with Gasteiger partial charge in [0.2, 0.25) is 0 Å². The van der Waals surface area contributed by atoms with E-state index in [2.05, 4.69) is 7.96 Å². The number of non-ortho nitro benzene ring substituents is 1. The van der Waals surface area contributed by atoms with Gasteiger partial charge in [-0.2, -0.15) is 0 Å². The van der Waals surface area contributed by atoms with E-state index in [9.17, 15) is 15.2 Å². The summed E-state index contributed by atoms with van der Waals surface area (Å²) in [6.45, 7) is 0. The van der Waals surface area contributed by atoms with E-state index >= 15 is 0 Å². The molecule has 1 heterocycles. The normalized spacial score (nSPS) is 10.5. The first-order valence-corrected chi connectivity index (χ1v) is 4.82. The van der Waals surface area contributed by atoms with Crippen LogP contribution in [-0.4, -0.2) is 33.0 Å². The third-order valence-electron chi connectivity index (χ3n) is 1.57. The second-order valence-corrected chi connectivity index (χ2v) is 3.43. The van der Waals surface area contributed by atoms with Crippen molar-refractivity contribution in [1.82, 2.24) is 7.96 Å². The molecule has 1 aromatic heterocycles. The van der Waals surface area contributed by atoms with Crippen molar-refractivity contribution < 1.29 is 10.0 Å². The van der Waals surface area contributed by atoms with Crippen molar-refractivity contribution in [3.05, 3.63) is 22.2 Å². The van der Waals surface area contributed by atoms with Crippen LogP contribution in [0.1, 0.15) is 0 Å². The van der Waals surface area contributed by atoms with E-state index in [1.54, 1.807) is 0 Å². The molecule has 0 aliphatic heterocycles. The minimum atomic E-state index is -0.529. The Hall–Kier alpha value is -1.46. The molecule has 7 heteroatoms. The first-order chi connectivity index (χ1) is 6.20. The van der Waals surface area contributed by atoms with Gasteiger partial charge in [-0.3, -0.25) is 0 Å². The Bertz CT molecular complexity index is 481. The number of hydrogen-bond donors (Lipinski definition) is 1. The SMILES string of the molecule is O=[N+]([O-])c1ccc(O)c2n[se]nc12. The van der Waals surface area contributed by atoms with Crippen molar-refractivity contribution in [2.24, 2.45) is 0 Å². The number of phenolic OH excluding ortho intramolecular Hbond substituents is 1. The Morgan fingerprint density at radius 3 is 2.77 bits per heavy atom. The third kappa shape index (κ3) is 1.18. The molecule has 66 valence electrons. The number of nitro groups is 1. The monoisotopic (exact) mass is 245 g/mol. The average Bonchev–Trinajstić information content (AvgIpc) is 2.53. The Kier molecular flexibility index (Phi) is 1.75. The number of phenols is 1. The number of aromatic nitrogens is 2. The van der Waals surface area contributed by atoms with E-state index in [1.807, 2.05) is 0 Å². The van der Waals surface area contributed by atoms with E-state index in [0.29, 0.717) is 0 Å². The molecule has 0 saturated heterocycles. The van der Waals surface area contributed by atoms with Crippen molar-refractivity contribution in [2.45, 2.75) is 0 Å². The van der Waals surface area contributed by atoms with Crippen LogP contribution >= 0.6 is 0 Å². The predicted octanol–water partition coefficient (Wildman–Crippen LogP) is 0.301. The summed E-state index contributed by atoms with van der Waals surface area (Å²) in [5.41, 5.74) is 0.343. The Morgan fingerprint density at radius 2 is 2.08 bits per heavy atom. The van der Waals surface area contributed by atoms with E-state index < -0.39 is 4.92 Å². The zero-order valence-electron chi connectivity index (χ0n) is 6.17. The van der Waals surface area contributed by atoms with Gasteiger partial charge >= 0.3 is 77.7 Å². The molecule has 1 N–H and O–H groups in total. The Morgan fingerprint density at radius 1 is 1.38 bits per heavy atom. The number of hydrogen-bond acceptors (Lipinski definition) is 5. The summed E-state index contributed by atoms with van der Waals surface area (Å²) in [5.74, 6) is -0.0521. The number of fused-ring (bicyclic) bond motifs is 1. The van der Waals surface area contributed by atoms with Gasteiger partial charge in [-0.05, 0) is 0 Å². The van der Waals surface area contributed by atoms with Crippen LogP contribution in [0, 0.1) is 10.1 Å². The van der Waals surface area contributed by atoms with Crippen LogP contribution in [0.3, 0.4) is 0 Å². The molecule has 0 atom stereocenters. The molecule has 0 bridgehead atoms. The molecule has 2 aromatic rings. The fourth-order valence-corrected chi connectivity index (χ4v) is 2.17. The van der Waals surface area contributed by atoms with Gasteiger partial charge in [0.05, 0.1) is 0 Å². The number of benzene rings is 1.